The molecule has 0 aliphatic carbocycles. The van der Waals surface area contributed by atoms with E-state index < -0.39 is 11.5 Å². The molecule has 0 aliphatic heterocycles. The molecular formula is C17H14Cl2FN3O2. The molecule has 8 heteroatoms. The predicted molar refractivity (Wildman–Crippen MR) is 95.7 cm³/mol. The largest absolute Gasteiger partial charge is 0.354 e. The maximum absolute atomic E-state index is 13.2. The van der Waals surface area contributed by atoms with Gasteiger partial charge in [-0.3, -0.25) is 9.36 Å². The summed E-state index contributed by atoms with van der Waals surface area (Å²) in [6.45, 7) is 0.213. The lowest BCUT2D eigenvalue weighted by Gasteiger charge is -2.08. The standard InChI is InChI=1S/C17H14Cl2FN3O2/c18-11-2-1-10(13(19)7-11)5-6-21-16(24)9-23-15-4-3-12(20)8-14(15)22-17(23)25/h1-4,7-8H,5-6,9H2,(H,21,24)(H,22,25). The maximum atomic E-state index is 13.2. The molecule has 0 bridgehead atoms. The van der Waals surface area contributed by atoms with E-state index in [1.165, 1.54) is 22.8 Å². The molecule has 0 saturated carbocycles. The number of halogens is 3. The number of nitrogens with zero attached hydrogens (tertiary/aromatic N) is 1. The highest BCUT2D eigenvalue weighted by Crippen LogP contribution is 2.21. The van der Waals surface area contributed by atoms with Crippen LogP contribution in [0.5, 0.6) is 0 Å². The third-order valence-corrected chi connectivity index (χ3v) is 4.36. The third-order valence-electron chi connectivity index (χ3n) is 3.77. The van der Waals surface area contributed by atoms with Crippen molar-refractivity contribution in [2.24, 2.45) is 0 Å². The number of benzene rings is 2. The highest BCUT2D eigenvalue weighted by Gasteiger charge is 2.11. The van der Waals surface area contributed by atoms with Gasteiger partial charge in [0.1, 0.15) is 12.4 Å². The number of hydrogen-bond acceptors (Lipinski definition) is 2. The van der Waals surface area contributed by atoms with Crippen LogP contribution in [0.4, 0.5) is 4.39 Å². The number of fused-ring (bicyclic) bond motifs is 1. The molecule has 5 nitrogen and oxygen atoms in total. The van der Waals surface area contributed by atoms with Crippen LogP contribution in [-0.4, -0.2) is 22.0 Å². The minimum Gasteiger partial charge on any atom is -0.354 e. The Morgan fingerprint density at radius 2 is 2.00 bits per heavy atom. The van der Waals surface area contributed by atoms with Gasteiger partial charge in [0.25, 0.3) is 0 Å². The van der Waals surface area contributed by atoms with Crippen LogP contribution < -0.4 is 11.0 Å². The number of carbonyl (C=O) groups excluding carboxylic acids is 1. The van der Waals surface area contributed by atoms with Crippen molar-refractivity contribution in [1.29, 1.82) is 0 Å². The molecule has 2 aromatic carbocycles. The van der Waals surface area contributed by atoms with E-state index in [1.807, 2.05) is 0 Å². The number of amides is 1. The summed E-state index contributed by atoms with van der Waals surface area (Å²) in [6.07, 6.45) is 0.537. The fourth-order valence-corrected chi connectivity index (χ4v) is 3.06. The fourth-order valence-electron chi connectivity index (χ4n) is 2.55. The molecule has 130 valence electrons. The summed E-state index contributed by atoms with van der Waals surface area (Å²) < 4.78 is 14.5. The molecule has 1 amide bonds. The van der Waals surface area contributed by atoms with Gasteiger partial charge in [0, 0.05) is 16.6 Å². The molecule has 0 atom stereocenters. The summed E-state index contributed by atoms with van der Waals surface area (Å²) in [5.74, 6) is -0.775. The zero-order valence-corrected chi connectivity index (χ0v) is 14.5. The number of hydrogen-bond donors (Lipinski definition) is 2. The highest BCUT2D eigenvalue weighted by molar-refractivity contribution is 6.35. The van der Waals surface area contributed by atoms with Gasteiger partial charge in [-0.25, -0.2) is 9.18 Å². The Kier molecular flexibility index (Phi) is 5.11. The van der Waals surface area contributed by atoms with Crippen LogP contribution >= 0.6 is 23.2 Å². The molecule has 1 aromatic heterocycles. The second-order valence-electron chi connectivity index (χ2n) is 5.51. The molecular weight excluding hydrogens is 368 g/mol. The molecule has 3 rings (SSSR count). The number of rotatable bonds is 5. The van der Waals surface area contributed by atoms with Crippen LogP contribution in [-0.2, 0) is 17.8 Å². The summed E-state index contributed by atoms with van der Waals surface area (Å²) in [5, 5.41) is 3.82. The molecule has 1 heterocycles. The molecule has 0 spiro atoms. The van der Waals surface area contributed by atoms with Gasteiger partial charge in [-0.2, -0.15) is 0 Å². The van der Waals surface area contributed by atoms with Crippen molar-refractivity contribution in [2.75, 3.05) is 6.54 Å². The Hall–Kier alpha value is -2.31. The van der Waals surface area contributed by atoms with Crippen LogP contribution in [0.2, 0.25) is 10.0 Å². The Bertz CT molecular complexity index is 997. The van der Waals surface area contributed by atoms with E-state index >= 15 is 0 Å². The van der Waals surface area contributed by atoms with Gasteiger partial charge in [0.15, 0.2) is 0 Å². The van der Waals surface area contributed by atoms with Crippen molar-refractivity contribution >= 4 is 40.1 Å². The normalized spacial score (nSPS) is 11.0. The zero-order chi connectivity index (χ0) is 18.0. The fraction of sp³-hybridized carbons (Fsp3) is 0.176. The number of imidazole rings is 1. The van der Waals surface area contributed by atoms with Crippen LogP contribution in [0.3, 0.4) is 0 Å². The van der Waals surface area contributed by atoms with Gasteiger partial charge in [0.2, 0.25) is 5.91 Å². The van der Waals surface area contributed by atoms with E-state index in [9.17, 15) is 14.0 Å². The number of H-pyrrole nitrogens is 1. The first-order valence-electron chi connectivity index (χ1n) is 7.53. The zero-order valence-electron chi connectivity index (χ0n) is 13.0. The van der Waals surface area contributed by atoms with Crippen molar-refractivity contribution in [3.63, 3.8) is 0 Å². The summed E-state index contributed by atoms with van der Waals surface area (Å²) in [7, 11) is 0. The summed E-state index contributed by atoms with van der Waals surface area (Å²) in [6, 6.07) is 9.10. The molecule has 0 saturated heterocycles. The minimum atomic E-state index is -0.462. The summed E-state index contributed by atoms with van der Waals surface area (Å²) in [5.41, 5.74) is 1.23. The third kappa shape index (κ3) is 4.03. The van der Waals surface area contributed by atoms with Crippen LogP contribution in [0, 0.1) is 5.82 Å². The first kappa shape index (κ1) is 17.5. The van der Waals surface area contributed by atoms with Crippen LogP contribution in [0.15, 0.2) is 41.2 Å². The second kappa shape index (κ2) is 7.29. The SMILES string of the molecule is O=C(Cn1c(=O)[nH]c2cc(F)ccc21)NCCc1ccc(Cl)cc1Cl. The smallest absolute Gasteiger partial charge is 0.326 e. The van der Waals surface area contributed by atoms with Crippen molar-refractivity contribution in [1.82, 2.24) is 14.9 Å². The number of aromatic amines is 1. The van der Waals surface area contributed by atoms with E-state index in [4.69, 9.17) is 23.2 Å². The Morgan fingerprint density at radius 3 is 2.76 bits per heavy atom. The number of aromatic nitrogens is 2. The van der Waals surface area contributed by atoms with E-state index in [0.29, 0.717) is 34.0 Å². The lowest BCUT2D eigenvalue weighted by molar-refractivity contribution is -0.121. The maximum Gasteiger partial charge on any atom is 0.326 e. The molecule has 0 unspecified atom stereocenters. The Labute approximate surface area is 152 Å². The monoisotopic (exact) mass is 381 g/mol. The Morgan fingerprint density at radius 1 is 1.20 bits per heavy atom. The van der Waals surface area contributed by atoms with Crippen LogP contribution in [0.1, 0.15) is 5.56 Å². The van der Waals surface area contributed by atoms with E-state index in [2.05, 4.69) is 10.3 Å². The van der Waals surface area contributed by atoms with Gasteiger partial charge in [0.05, 0.1) is 11.0 Å². The van der Waals surface area contributed by atoms with Gasteiger partial charge in [-0.05, 0) is 42.3 Å². The second-order valence-corrected chi connectivity index (χ2v) is 6.36. The van der Waals surface area contributed by atoms with Gasteiger partial charge < -0.3 is 10.3 Å². The highest BCUT2D eigenvalue weighted by atomic mass is 35.5. The molecule has 0 fully saturated rings. The first-order valence-corrected chi connectivity index (χ1v) is 8.28. The van der Waals surface area contributed by atoms with Crippen molar-refractivity contribution in [2.45, 2.75) is 13.0 Å². The molecule has 0 radical (unpaired) electrons. The predicted octanol–water partition coefficient (Wildman–Crippen LogP) is 3.13. The lowest BCUT2D eigenvalue weighted by Crippen LogP contribution is -2.32. The molecule has 0 aliphatic rings. The topological polar surface area (TPSA) is 66.9 Å². The van der Waals surface area contributed by atoms with Gasteiger partial charge >= 0.3 is 5.69 Å². The molecule has 3 aromatic rings. The lowest BCUT2D eigenvalue weighted by atomic mass is 10.1. The van der Waals surface area contributed by atoms with E-state index in [0.717, 1.165) is 5.56 Å². The number of nitrogens with one attached hydrogen (secondary N) is 2. The van der Waals surface area contributed by atoms with Crippen molar-refractivity contribution in [3.05, 3.63) is 68.3 Å². The summed E-state index contributed by atoms with van der Waals surface area (Å²) >= 11 is 11.9. The molecule has 25 heavy (non-hydrogen) atoms. The van der Waals surface area contributed by atoms with Crippen LogP contribution in [0.25, 0.3) is 11.0 Å². The van der Waals surface area contributed by atoms with Crippen molar-refractivity contribution < 1.29 is 9.18 Å². The van der Waals surface area contributed by atoms with E-state index in [-0.39, 0.29) is 12.5 Å². The minimum absolute atomic E-state index is 0.154. The van der Waals surface area contributed by atoms with E-state index in [1.54, 1.807) is 18.2 Å². The average Bonchev–Trinajstić information content (AvgIpc) is 2.84. The quantitative estimate of drug-likeness (QED) is 0.712. The average molecular weight is 382 g/mol. The van der Waals surface area contributed by atoms with Gasteiger partial charge in [-0.1, -0.05) is 29.3 Å². The number of carbonyl (C=O) groups is 1. The Balaban J connectivity index is 1.63. The first-order chi connectivity index (χ1) is 11.9. The summed E-state index contributed by atoms with van der Waals surface area (Å²) in [4.78, 5) is 26.5. The molecule has 2 N–H and O–H groups in total. The van der Waals surface area contributed by atoms with Crippen molar-refractivity contribution in [3.8, 4) is 0 Å². The van der Waals surface area contributed by atoms with Gasteiger partial charge in [-0.15, -0.1) is 0 Å².